The molecule has 0 amide bonds. The fourth-order valence-corrected chi connectivity index (χ4v) is 2.30. The van der Waals surface area contributed by atoms with E-state index in [1.165, 1.54) is 4.57 Å². The predicted molar refractivity (Wildman–Crippen MR) is 65.5 cm³/mol. The number of hydrogen-bond acceptors (Lipinski definition) is 4. The lowest BCUT2D eigenvalue weighted by Gasteiger charge is -2.02. The summed E-state index contributed by atoms with van der Waals surface area (Å²) < 4.78 is 24.7. The zero-order chi connectivity index (χ0) is 12.6. The molecule has 0 saturated carbocycles. The van der Waals surface area contributed by atoms with Gasteiger partial charge in [0.15, 0.2) is 5.82 Å². The minimum atomic E-state index is -3.85. The van der Waals surface area contributed by atoms with Gasteiger partial charge in [0.2, 0.25) is 0 Å². The lowest BCUT2D eigenvalue weighted by molar-refractivity contribution is 0.580. The van der Waals surface area contributed by atoms with Crippen molar-refractivity contribution in [3.63, 3.8) is 0 Å². The maximum atomic E-state index is 11.2. The van der Waals surface area contributed by atoms with E-state index in [4.69, 9.17) is 5.14 Å². The number of aromatic nitrogens is 3. The van der Waals surface area contributed by atoms with Crippen LogP contribution in [0.15, 0.2) is 33.9 Å². The van der Waals surface area contributed by atoms with Gasteiger partial charge in [-0.05, 0) is 12.1 Å². The first-order chi connectivity index (χ1) is 7.89. The first-order valence-electron chi connectivity index (χ1n) is 4.58. The van der Waals surface area contributed by atoms with Crippen LogP contribution in [0.25, 0.3) is 11.4 Å². The monoisotopic (exact) mass is 316 g/mol. The van der Waals surface area contributed by atoms with E-state index in [1.807, 2.05) is 12.1 Å². The van der Waals surface area contributed by atoms with Crippen molar-refractivity contribution in [1.82, 2.24) is 14.8 Å². The fraction of sp³-hybridized carbons (Fsp3) is 0.111. The van der Waals surface area contributed by atoms with Gasteiger partial charge < -0.3 is 0 Å². The van der Waals surface area contributed by atoms with Crippen molar-refractivity contribution in [3.8, 4) is 11.4 Å². The Balaban J connectivity index is 2.55. The summed E-state index contributed by atoms with van der Waals surface area (Å²) >= 11 is 3.31. The van der Waals surface area contributed by atoms with Crippen LogP contribution >= 0.6 is 15.9 Å². The second kappa shape index (κ2) is 4.21. The molecule has 0 aliphatic heterocycles. The van der Waals surface area contributed by atoms with Gasteiger partial charge in [-0.1, -0.05) is 28.1 Å². The van der Waals surface area contributed by atoms with E-state index in [0.717, 1.165) is 10.0 Å². The molecule has 0 spiro atoms. The van der Waals surface area contributed by atoms with Crippen LogP contribution in [0, 0.1) is 0 Å². The van der Waals surface area contributed by atoms with Crippen LogP contribution in [-0.4, -0.2) is 23.2 Å². The summed E-state index contributed by atoms with van der Waals surface area (Å²) in [7, 11) is -2.30. The van der Waals surface area contributed by atoms with Gasteiger partial charge in [0, 0.05) is 17.1 Å². The lowest BCUT2D eigenvalue weighted by Crippen LogP contribution is -2.17. The van der Waals surface area contributed by atoms with E-state index in [2.05, 4.69) is 26.1 Å². The summed E-state index contributed by atoms with van der Waals surface area (Å²) in [6.07, 6.45) is 0. The summed E-state index contributed by atoms with van der Waals surface area (Å²) in [5, 5.41) is 12.2. The zero-order valence-corrected chi connectivity index (χ0v) is 11.2. The van der Waals surface area contributed by atoms with Crippen LogP contribution in [0.1, 0.15) is 0 Å². The third-order valence-corrected chi connectivity index (χ3v) is 3.58. The van der Waals surface area contributed by atoms with Crippen molar-refractivity contribution in [2.24, 2.45) is 12.2 Å². The molecule has 90 valence electrons. The number of sulfonamides is 1. The molecule has 1 heterocycles. The number of rotatable bonds is 2. The molecule has 0 fully saturated rings. The predicted octanol–water partition coefficient (Wildman–Crippen LogP) is 0.892. The molecule has 2 rings (SSSR count). The number of nitrogens with zero attached hydrogens (tertiary/aromatic N) is 3. The minimum absolute atomic E-state index is 0.254. The molecule has 6 nitrogen and oxygen atoms in total. The Hall–Kier alpha value is -1.25. The van der Waals surface area contributed by atoms with Crippen LogP contribution in [0.2, 0.25) is 0 Å². The Bertz CT molecular complexity index is 648. The average Bonchev–Trinajstić information content (AvgIpc) is 2.61. The van der Waals surface area contributed by atoms with E-state index in [1.54, 1.807) is 19.2 Å². The van der Waals surface area contributed by atoms with E-state index >= 15 is 0 Å². The standard InChI is InChI=1S/C9H9BrN4O2S/c1-14-8(6-2-4-7(10)5-3-6)12-13-9(14)17(11,15)16/h2-5H,1H3,(H2,11,15,16). The minimum Gasteiger partial charge on any atom is -0.300 e. The summed E-state index contributed by atoms with van der Waals surface area (Å²) in [5.41, 5.74) is 0.762. The third kappa shape index (κ3) is 2.38. The molecule has 0 aliphatic rings. The van der Waals surface area contributed by atoms with Crippen molar-refractivity contribution < 1.29 is 8.42 Å². The molecule has 1 aromatic heterocycles. The first kappa shape index (κ1) is 12.2. The average molecular weight is 317 g/mol. The van der Waals surface area contributed by atoms with E-state index < -0.39 is 10.0 Å². The van der Waals surface area contributed by atoms with Crippen LogP contribution < -0.4 is 5.14 Å². The summed E-state index contributed by atoms with van der Waals surface area (Å²) in [4.78, 5) is 0. The van der Waals surface area contributed by atoms with Gasteiger partial charge in [-0.25, -0.2) is 13.6 Å². The molecule has 0 bridgehead atoms. The van der Waals surface area contributed by atoms with Gasteiger partial charge >= 0.3 is 0 Å². The number of primary sulfonamides is 1. The first-order valence-corrected chi connectivity index (χ1v) is 6.91. The highest BCUT2D eigenvalue weighted by Gasteiger charge is 2.19. The Labute approximate surface area is 107 Å². The van der Waals surface area contributed by atoms with Crippen molar-refractivity contribution >= 4 is 26.0 Å². The topological polar surface area (TPSA) is 90.9 Å². The summed E-state index contributed by atoms with van der Waals surface area (Å²) in [6, 6.07) is 7.28. The Morgan fingerprint density at radius 2 is 1.82 bits per heavy atom. The van der Waals surface area contributed by atoms with E-state index in [9.17, 15) is 8.42 Å². The van der Waals surface area contributed by atoms with Crippen LogP contribution in [0.3, 0.4) is 0 Å². The lowest BCUT2D eigenvalue weighted by atomic mass is 10.2. The van der Waals surface area contributed by atoms with Gasteiger partial charge in [-0.3, -0.25) is 4.57 Å². The van der Waals surface area contributed by atoms with Crippen LogP contribution in [-0.2, 0) is 17.1 Å². The number of halogens is 1. The number of nitrogens with two attached hydrogens (primary N) is 1. The molecule has 0 saturated heterocycles. The Morgan fingerprint density at radius 1 is 1.24 bits per heavy atom. The molecular formula is C9H9BrN4O2S. The van der Waals surface area contributed by atoms with Crippen LogP contribution in [0.5, 0.6) is 0 Å². The van der Waals surface area contributed by atoms with Crippen molar-refractivity contribution in [2.75, 3.05) is 0 Å². The Morgan fingerprint density at radius 3 is 2.29 bits per heavy atom. The second-order valence-corrected chi connectivity index (χ2v) is 5.79. The molecule has 0 atom stereocenters. The Kier molecular flexibility index (Phi) is 3.02. The molecule has 8 heteroatoms. The molecular weight excluding hydrogens is 308 g/mol. The fourth-order valence-electron chi connectivity index (χ4n) is 1.41. The largest absolute Gasteiger partial charge is 0.300 e. The summed E-state index contributed by atoms with van der Waals surface area (Å²) in [5.74, 6) is 0.446. The van der Waals surface area contributed by atoms with E-state index in [0.29, 0.717) is 5.82 Å². The van der Waals surface area contributed by atoms with Gasteiger partial charge in [0.25, 0.3) is 15.2 Å². The SMILES string of the molecule is Cn1c(-c2ccc(Br)cc2)nnc1S(N)(=O)=O. The highest BCUT2D eigenvalue weighted by molar-refractivity contribution is 9.10. The molecule has 2 aromatic rings. The molecule has 17 heavy (non-hydrogen) atoms. The van der Waals surface area contributed by atoms with Gasteiger partial charge in [-0.15, -0.1) is 10.2 Å². The van der Waals surface area contributed by atoms with Crippen LogP contribution in [0.4, 0.5) is 0 Å². The molecule has 1 aromatic carbocycles. The molecule has 0 radical (unpaired) electrons. The van der Waals surface area contributed by atoms with Gasteiger partial charge in [0.05, 0.1) is 0 Å². The smallest absolute Gasteiger partial charge is 0.273 e. The third-order valence-electron chi connectivity index (χ3n) is 2.19. The maximum Gasteiger partial charge on any atom is 0.273 e. The second-order valence-electron chi connectivity index (χ2n) is 3.42. The number of hydrogen-bond donors (Lipinski definition) is 1. The van der Waals surface area contributed by atoms with Gasteiger partial charge in [-0.2, -0.15) is 0 Å². The normalized spacial score (nSPS) is 11.7. The molecule has 2 N–H and O–H groups in total. The quantitative estimate of drug-likeness (QED) is 0.890. The maximum absolute atomic E-state index is 11.2. The highest BCUT2D eigenvalue weighted by Crippen LogP contribution is 2.20. The van der Waals surface area contributed by atoms with Crippen molar-refractivity contribution in [2.45, 2.75) is 5.16 Å². The highest BCUT2D eigenvalue weighted by atomic mass is 79.9. The zero-order valence-electron chi connectivity index (χ0n) is 8.83. The molecule has 0 unspecified atom stereocenters. The number of benzene rings is 1. The van der Waals surface area contributed by atoms with Crippen molar-refractivity contribution in [3.05, 3.63) is 28.7 Å². The van der Waals surface area contributed by atoms with Crippen molar-refractivity contribution in [1.29, 1.82) is 0 Å². The summed E-state index contributed by atoms with van der Waals surface area (Å²) in [6.45, 7) is 0. The van der Waals surface area contributed by atoms with E-state index in [-0.39, 0.29) is 5.16 Å². The van der Waals surface area contributed by atoms with Gasteiger partial charge in [0.1, 0.15) is 0 Å². The molecule has 0 aliphatic carbocycles.